The third-order valence-corrected chi connectivity index (χ3v) is 6.15. The quantitative estimate of drug-likeness (QED) is 0.603. The SMILES string of the molecule is O=S1(=O)c2cc(O)c(O)cc2-c2cc(O)ccc2N1Cc1ccccc1. The van der Waals surface area contributed by atoms with Crippen LogP contribution < -0.4 is 4.31 Å². The predicted molar refractivity (Wildman–Crippen MR) is 96.7 cm³/mol. The summed E-state index contributed by atoms with van der Waals surface area (Å²) in [6.45, 7) is 0.0992. The first-order chi connectivity index (χ1) is 12.4. The molecule has 7 heteroatoms. The second-order valence-electron chi connectivity index (χ2n) is 6.04. The standard InChI is InChI=1S/C19H15NO5S/c21-13-6-7-16-14(8-13)15-9-17(22)18(23)10-19(15)26(24,25)20(16)11-12-4-2-1-3-5-12/h1-10,21-23H,11H2. The number of hydrogen-bond acceptors (Lipinski definition) is 5. The lowest BCUT2D eigenvalue weighted by Gasteiger charge is -2.32. The molecule has 26 heavy (non-hydrogen) atoms. The Hall–Kier alpha value is -3.19. The van der Waals surface area contributed by atoms with E-state index in [-0.39, 0.29) is 22.8 Å². The summed E-state index contributed by atoms with van der Waals surface area (Å²) in [5, 5.41) is 29.5. The van der Waals surface area contributed by atoms with Gasteiger partial charge in [0.1, 0.15) is 5.75 Å². The molecule has 3 aromatic carbocycles. The summed E-state index contributed by atoms with van der Waals surface area (Å²) in [7, 11) is -3.97. The van der Waals surface area contributed by atoms with E-state index in [0.717, 1.165) is 11.6 Å². The van der Waals surface area contributed by atoms with Gasteiger partial charge in [0, 0.05) is 17.2 Å². The lowest BCUT2D eigenvalue weighted by molar-refractivity contribution is 0.402. The first kappa shape index (κ1) is 16.3. The molecule has 3 aromatic rings. The largest absolute Gasteiger partial charge is 0.508 e. The van der Waals surface area contributed by atoms with E-state index >= 15 is 0 Å². The minimum absolute atomic E-state index is 0.0266. The van der Waals surface area contributed by atoms with Gasteiger partial charge >= 0.3 is 0 Å². The van der Waals surface area contributed by atoms with Gasteiger partial charge in [-0.25, -0.2) is 8.42 Å². The van der Waals surface area contributed by atoms with Crippen LogP contribution in [0.15, 0.2) is 65.6 Å². The van der Waals surface area contributed by atoms with Gasteiger partial charge in [0.2, 0.25) is 0 Å². The average Bonchev–Trinajstić information content (AvgIpc) is 2.61. The highest BCUT2D eigenvalue weighted by Crippen LogP contribution is 2.48. The number of sulfonamides is 1. The van der Waals surface area contributed by atoms with Crippen molar-refractivity contribution < 1.29 is 23.7 Å². The van der Waals surface area contributed by atoms with Crippen LogP contribution in [0.2, 0.25) is 0 Å². The van der Waals surface area contributed by atoms with Crippen molar-refractivity contribution in [3.63, 3.8) is 0 Å². The van der Waals surface area contributed by atoms with Gasteiger partial charge in [-0.3, -0.25) is 4.31 Å². The topological polar surface area (TPSA) is 98.1 Å². The second kappa shape index (κ2) is 5.67. The zero-order valence-corrected chi connectivity index (χ0v) is 14.3. The van der Waals surface area contributed by atoms with Gasteiger partial charge in [-0.15, -0.1) is 0 Å². The van der Waals surface area contributed by atoms with E-state index in [1.54, 1.807) is 0 Å². The molecule has 4 rings (SSSR count). The fraction of sp³-hybridized carbons (Fsp3) is 0.0526. The lowest BCUT2D eigenvalue weighted by Crippen LogP contribution is -2.33. The number of nitrogens with zero attached hydrogens (tertiary/aromatic N) is 1. The van der Waals surface area contributed by atoms with E-state index < -0.39 is 21.5 Å². The number of phenols is 3. The maximum absolute atomic E-state index is 13.2. The molecule has 1 aliphatic heterocycles. The summed E-state index contributed by atoms with van der Waals surface area (Å²) in [6, 6.07) is 15.7. The van der Waals surface area contributed by atoms with Gasteiger partial charge in [-0.1, -0.05) is 30.3 Å². The summed E-state index contributed by atoms with van der Waals surface area (Å²) >= 11 is 0. The van der Waals surface area contributed by atoms with Crippen molar-refractivity contribution in [2.45, 2.75) is 11.4 Å². The van der Waals surface area contributed by atoms with E-state index in [4.69, 9.17) is 0 Å². The van der Waals surface area contributed by atoms with Crippen LogP contribution >= 0.6 is 0 Å². The van der Waals surface area contributed by atoms with Crippen LogP contribution in [0.5, 0.6) is 17.2 Å². The number of aromatic hydroxyl groups is 3. The van der Waals surface area contributed by atoms with Crippen LogP contribution in [0, 0.1) is 0 Å². The number of benzene rings is 3. The maximum atomic E-state index is 13.2. The number of phenolic OH excluding ortho intramolecular Hbond substituents is 3. The molecule has 132 valence electrons. The molecule has 0 fully saturated rings. The van der Waals surface area contributed by atoms with E-state index in [1.165, 1.54) is 28.6 Å². The minimum Gasteiger partial charge on any atom is -0.508 e. The van der Waals surface area contributed by atoms with E-state index in [1.807, 2.05) is 30.3 Å². The summed E-state index contributed by atoms with van der Waals surface area (Å²) < 4.78 is 27.6. The fourth-order valence-corrected chi connectivity index (χ4v) is 4.79. The van der Waals surface area contributed by atoms with Gasteiger partial charge in [0.25, 0.3) is 10.0 Å². The first-order valence-corrected chi connectivity index (χ1v) is 9.28. The minimum atomic E-state index is -3.97. The molecule has 0 unspecified atom stereocenters. The zero-order valence-electron chi connectivity index (χ0n) is 13.5. The van der Waals surface area contributed by atoms with Crippen molar-refractivity contribution in [1.82, 2.24) is 0 Å². The molecule has 0 spiro atoms. The van der Waals surface area contributed by atoms with Gasteiger partial charge in [0.15, 0.2) is 11.5 Å². The fourth-order valence-electron chi connectivity index (χ4n) is 3.11. The second-order valence-corrected chi connectivity index (χ2v) is 7.87. The Bertz CT molecular complexity index is 1110. The Kier molecular flexibility index (Phi) is 3.55. The molecular weight excluding hydrogens is 354 g/mol. The third kappa shape index (κ3) is 2.44. The predicted octanol–water partition coefficient (Wildman–Crippen LogP) is 3.18. The molecule has 0 atom stereocenters. The lowest BCUT2D eigenvalue weighted by atomic mass is 10.0. The number of fused-ring (bicyclic) bond motifs is 3. The Morgan fingerprint density at radius 2 is 1.50 bits per heavy atom. The first-order valence-electron chi connectivity index (χ1n) is 7.84. The summed E-state index contributed by atoms with van der Waals surface area (Å²) in [5.41, 5.74) is 1.88. The van der Waals surface area contributed by atoms with Crippen molar-refractivity contribution in [2.24, 2.45) is 0 Å². The van der Waals surface area contributed by atoms with E-state index in [2.05, 4.69) is 0 Å². The number of anilines is 1. The van der Waals surface area contributed by atoms with Crippen LogP contribution in [0.4, 0.5) is 5.69 Å². The highest BCUT2D eigenvalue weighted by atomic mass is 32.2. The highest BCUT2D eigenvalue weighted by molar-refractivity contribution is 7.93. The normalized spacial score (nSPS) is 14.5. The van der Waals surface area contributed by atoms with Crippen LogP contribution in [0.1, 0.15) is 5.56 Å². The van der Waals surface area contributed by atoms with Crippen molar-refractivity contribution >= 4 is 15.7 Å². The molecule has 0 saturated carbocycles. The molecule has 6 nitrogen and oxygen atoms in total. The van der Waals surface area contributed by atoms with E-state index in [9.17, 15) is 23.7 Å². The van der Waals surface area contributed by atoms with Crippen molar-refractivity contribution in [2.75, 3.05) is 4.31 Å². The van der Waals surface area contributed by atoms with Gasteiger partial charge in [0.05, 0.1) is 17.1 Å². The molecule has 1 aliphatic rings. The molecule has 0 aromatic heterocycles. The van der Waals surface area contributed by atoms with Crippen LogP contribution in [-0.4, -0.2) is 23.7 Å². The Morgan fingerprint density at radius 1 is 0.808 bits per heavy atom. The summed E-state index contributed by atoms with van der Waals surface area (Å²) in [4.78, 5) is -0.123. The van der Waals surface area contributed by atoms with Crippen LogP contribution in [-0.2, 0) is 16.6 Å². The molecule has 0 aliphatic carbocycles. The molecule has 0 amide bonds. The van der Waals surface area contributed by atoms with Crippen molar-refractivity contribution in [3.05, 3.63) is 66.2 Å². The number of rotatable bonds is 2. The Morgan fingerprint density at radius 3 is 2.23 bits per heavy atom. The number of hydrogen-bond donors (Lipinski definition) is 3. The van der Waals surface area contributed by atoms with E-state index in [0.29, 0.717) is 11.3 Å². The Balaban J connectivity index is 1.98. The third-order valence-electron chi connectivity index (χ3n) is 4.35. The summed E-state index contributed by atoms with van der Waals surface area (Å²) in [6.07, 6.45) is 0. The smallest absolute Gasteiger partial charge is 0.265 e. The Labute approximate surface area is 150 Å². The van der Waals surface area contributed by atoms with Crippen LogP contribution in [0.25, 0.3) is 11.1 Å². The van der Waals surface area contributed by atoms with Crippen molar-refractivity contribution in [1.29, 1.82) is 0 Å². The molecule has 3 N–H and O–H groups in total. The van der Waals surface area contributed by atoms with Crippen LogP contribution in [0.3, 0.4) is 0 Å². The monoisotopic (exact) mass is 369 g/mol. The highest BCUT2D eigenvalue weighted by Gasteiger charge is 2.36. The molecule has 0 radical (unpaired) electrons. The van der Waals surface area contributed by atoms with Crippen molar-refractivity contribution in [3.8, 4) is 28.4 Å². The zero-order chi connectivity index (χ0) is 18.5. The maximum Gasteiger partial charge on any atom is 0.265 e. The molecule has 0 bridgehead atoms. The molecule has 0 saturated heterocycles. The van der Waals surface area contributed by atoms with Gasteiger partial charge in [-0.2, -0.15) is 0 Å². The van der Waals surface area contributed by atoms with Gasteiger partial charge < -0.3 is 15.3 Å². The molecular formula is C19H15NO5S. The molecule has 1 heterocycles. The average molecular weight is 369 g/mol. The van der Waals surface area contributed by atoms with Gasteiger partial charge in [-0.05, 0) is 29.8 Å². The summed E-state index contributed by atoms with van der Waals surface area (Å²) in [5.74, 6) is -0.971.